The van der Waals surface area contributed by atoms with Gasteiger partial charge in [0.15, 0.2) is 0 Å². The molecule has 0 saturated heterocycles. The van der Waals surface area contributed by atoms with E-state index < -0.39 is 11.8 Å². The molecule has 0 heterocycles. The number of carbonyl (C=O) groups excluding carboxylic acids is 3. The molecule has 0 amide bonds. The Hall–Kier alpha value is -0.190. The number of Topliss-reactive ketones (excluding diaryl/α,β-unsaturated/α-hetero) is 2. The van der Waals surface area contributed by atoms with E-state index in [1.807, 2.05) is 0 Å². The van der Waals surface area contributed by atoms with E-state index in [-0.39, 0.29) is 48.4 Å². The third-order valence-corrected chi connectivity index (χ3v) is 0.913. The van der Waals surface area contributed by atoms with Gasteiger partial charge in [0.25, 0.3) is 0 Å². The summed E-state index contributed by atoms with van der Waals surface area (Å²) >= 11 is 0. The van der Waals surface area contributed by atoms with Crippen LogP contribution >= 0.6 is 0 Å². The van der Waals surface area contributed by atoms with Gasteiger partial charge in [0.05, 0.1) is 13.0 Å². The molecule has 0 atom stereocenters. The van der Waals surface area contributed by atoms with E-state index in [1.165, 1.54) is 6.92 Å². The van der Waals surface area contributed by atoms with Gasteiger partial charge < -0.3 is 4.74 Å². The van der Waals surface area contributed by atoms with Crippen molar-refractivity contribution in [2.75, 3.05) is 6.61 Å². The average Bonchev–Trinajstić information content (AvgIpc) is 1.86. The number of ketones is 2. The first kappa shape index (κ1) is 14.3. The standard InChI is InChI=1S/C7H10O4.Na/c1-3-11-7(10)6(9)4-5(2)8;/h3-4H2,1-2H3;. The Morgan fingerprint density at radius 1 is 1.25 bits per heavy atom. The summed E-state index contributed by atoms with van der Waals surface area (Å²) in [4.78, 5) is 31.5. The zero-order valence-corrected chi connectivity index (χ0v) is 9.55. The van der Waals surface area contributed by atoms with Gasteiger partial charge in [-0.25, -0.2) is 4.79 Å². The summed E-state index contributed by atoms with van der Waals surface area (Å²) in [5.41, 5.74) is 0. The maximum absolute atomic E-state index is 10.6. The molecule has 0 aromatic heterocycles. The first-order valence-electron chi connectivity index (χ1n) is 3.27. The summed E-state index contributed by atoms with van der Waals surface area (Å²) in [6.45, 7) is 3.00. The van der Waals surface area contributed by atoms with Crippen LogP contribution in [-0.4, -0.2) is 53.7 Å². The summed E-state index contributed by atoms with van der Waals surface area (Å²) in [6.07, 6.45) is -0.362. The van der Waals surface area contributed by atoms with Crippen molar-refractivity contribution in [3.63, 3.8) is 0 Å². The summed E-state index contributed by atoms with van der Waals surface area (Å²) in [7, 11) is 0. The smallest absolute Gasteiger partial charge is 0.375 e. The molecule has 0 N–H and O–H groups in total. The Balaban J connectivity index is 0. The van der Waals surface area contributed by atoms with Crippen molar-refractivity contribution < 1.29 is 19.1 Å². The van der Waals surface area contributed by atoms with E-state index in [2.05, 4.69) is 4.74 Å². The van der Waals surface area contributed by atoms with Gasteiger partial charge in [-0.2, -0.15) is 0 Å². The molecule has 12 heavy (non-hydrogen) atoms. The molecule has 0 saturated carbocycles. The molecule has 0 aliphatic carbocycles. The zero-order valence-electron chi connectivity index (χ0n) is 7.55. The van der Waals surface area contributed by atoms with Gasteiger partial charge in [-0.05, 0) is 13.8 Å². The van der Waals surface area contributed by atoms with Crippen LogP contribution in [0.25, 0.3) is 0 Å². The monoisotopic (exact) mass is 181 g/mol. The number of carbonyl (C=O) groups is 3. The van der Waals surface area contributed by atoms with Crippen LogP contribution in [0.2, 0.25) is 0 Å². The Kier molecular flexibility index (Phi) is 8.91. The van der Waals surface area contributed by atoms with Crippen molar-refractivity contribution in [2.24, 2.45) is 0 Å². The minimum absolute atomic E-state index is 0. The Labute approximate surface area is 92.9 Å². The summed E-state index contributed by atoms with van der Waals surface area (Å²) in [6, 6.07) is 0. The average molecular weight is 181 g/mol. The number of ether oxygens (including phenoxy) is 1. The fourth-order valence-corrected chi connectivity index (χ4v) is 0.510. The molecule has 0 rings (SSSR count). The first-order chi connectivity index (χ1) is 5.07. The topological polar surface area (TPSA) is 60.4 Å². The largest absolute Gasteiger partial charge is 0.460 e. The Morgan fingerprint density at radius 3 is 2.08 bits per heavy atom. The van der Waals surface area contributed by atoms with Crippen LogP contribution in [0.4, 0.5) is 0 Å². The second kappa shape index (κ2) is 7.46. The fraction of sp³-hybridized carbons (Fsp3) is 0.571. The number of rotatable bonds is 4. The number of esters is 1. The number of hydrogen-bond donors (Lipinski definition) is 0. The predicted octanol–water partition coefficient (Wildman–Crippen LogP) is -0.283. The minimum Gasteiger partial charge on any atom is -0.460 e. The van der Waals surface area contributed by atoms with Crippen molar-refractivity contribution in [1.82, 2.24) is 0 Å². The minimum atomic E-state index is -0.928. The van der Waals surface area contributed by atoms with Gasteiger partial charge in [0, 0.05) is 29.6 Å². The molecular formula is C7H10NaO4. The maximum atomic E-state index is 10.6. The molecule has 0 bridgehead atoms. The third-order valence-electron chi connectivity index (χ3n) is 0.913. The predicted molar refractivity (Wildman–Crippen MR) is 42.7 cm³/mol. The van der Waals surface area contributed by atoms with E-state index in [0.29, 0.717) is 0 Å². The van der Waals surface area contributed by atoms with Crippen LogP contribution in [0.1, 0.15) is 20.3 Å². The van der Waals surface area contributed by atoms with E-state index in [4.69, 9.17) is 0 Å². The Morgan fingerprint density at radius 2 is 1.75 bits per heavy atom. The summed E-state index contributed by atoms with van der Waals surface area (Å²) in [5, 5.41) is 0. The zero-order chi connectivity index (χ0) is 8.85. The van der Waals surface area contributed by atoms with Gasteiger partial charge in [0.1, 0.15) is 5.78 Å². The molecule has 0 aromatic rings. The molecule has 0 aliphatic heterocycles. The van der Waals surface area contributed by atoms with Crippen LogP contribution in [0, 0.1) is 0 Å². The van der Waals surface area contributed by atoms with Crippen molar-refractivity contribution in [1.29, 1.82) is 0 Å². The molecule has 63 valence electrons. The molecule has 4 nitrogen and oxygen atoms in total. The molecule has 0 spiro atoms. The summed E-state index contributed by atoms with van der Waals surface area (Å²) < 4.78 is 4.36. The van der Waals surface area contributed by atoms with Crippen molar-refractivity contribution >= 4 is 47.1 Å². The summed E-state index contributed by atoms with van der Waals surface area (Å²) in [5.74, 6) is -2.04. The molecule has 0 fully saturated rings. The van der Waals surface area contributed by atoms with E-state index >= 15 is 0 Å². The van der Waals surface area contributed by atoms with Crippen LogP contribution in [0.3, 0.4) is 0 Å². The van der Waals surface area contributed by atoms with Gasteiger partial charge in [-0.15, -0.1) is 0 Å². The van der Waals surface area contributed by atoms with E-state index in [9.17, 15) is 14.4 Å². The van der Waals surface area contributed by atoms with Crippen LogP contribution in [0.15, 0.2) is 0 Å². The Bertz CT molecular complexity index is 188. The van der Waals surface area contributed by atoms with Gasteiger partial charge in [-0.3, -0.25) is 9.59 Å². The van der Waals surface area contributed by atoms with Crippen LogP contribution in [0.5, 0.6) is 0 Å². The third kappa shape index (κ3) is 6.52. The second-order valence-corrected chi connectivity index (χ2v) is 2.02. The SMILES string of the molecule is CCOC(=O)C(=O)CC(C)=O.[Na]. The molecule has 0 aromatic carbocycles. The second-order valence-electron chi connectivity index (χ2n) is 2.02. The van der Waals surface area contributed by atoms with Crippen molar-refractivity contribution in [3.05, 3.63) is 0 Å². The van der Waals surface area contributed by atoms with Gasteiger partial charge >= 0.3 is 5.97 Å². The normalized spacial score (nSPS) is 8.17. The quantitative estimate of drug-likeness (QED) is 0.259. The van der Waals surface area contributed by atoms with Crippen molar-refractivity contribution in [3.8, 4) is 0 Å². The molecule has 5 heteroatoms. The van der Waals surface area contributed by atoms with E-state index in [1.54, 1.807) is 6.92 Å². The number of hydrogen-bond acceptors (Lipinski definition) is 4. The van der Waals surface area contributed by atoms with Gasteiger partial charge in [0.2, 0.25) is 5.78 Å². The maximum Gasteiger partial charge on any atom is 0.375 e. The van der Waals surface area contributed by atoms with Crippen LogP contribution in [-0.2, 0) is 19.1 Å². The van der Waals surface area contributed by atoms with E-state index in [0.717, 1.165) is 0 Å². The van der Waals surface area contributed by atoms with Gasteiger partial charge in [-0.1, -0.05) is 0 Å². The molecule has 0 aliphatic rings. The van der Waals surface area contributed by atoms with Crippen molar-refractivity contribution in [2.45, 2.75) is 20.3 Å². The molecule has 0 unspecified atom stereocenters. The first-order valence-corrected chi connectivity index (χ1v) is 3.27. The molecular weight excluding hydrogens is 171 g/mol. The fourth-order valence-electron chi connectivity index (χ4n) is 0.510. The molecule has 1 radical (unpaired) electrons. The van der Waals surface area contributed by atoms with Crippen LogP contribution < -0.4 is 0 Å².